The second-order valence-corrected chi connectivity index (χ2v) is 16.5. The summed E-state index contributed by atoms with van der Waals surface area (Å²) < 4.78 is 0. The van der Waals surface area contributed by atoms with Crippen LogP contribution in [0.15, 0.2) is 24.3 Å². The SMILES string of the molecule is CCCCC/C=C\C=C/CCCCCCCCCCCC(O)C(=O)NC(CO)C(O)C(O)CCCCCCCCCCCCCCCCCCCCCC. The Bertz CT molecular complexity index is 817. The van der Waals surface area contributed by atoms with Gasteiger partial charge in [-0.3, -0.25) is 4.79 Å². The molecule has 0 bridgehead atoms. The molecule has 320 valence electrons. The maximum atomic E-state index is 12.5. The lowest BCUT2D eigenvalue weighted by molar-refractivity contribution is -0.132. The van der Waals surface area contributed by atoms with Crippen LogP contribution in [-0.4, -0.2) is 57.3 Å². The Morgan fingerprint density at radius 3 is 1.17 bits per heavy atom. The van der Waals surface area contributed by atoms with E-state index >= 15 is 0 Å². The minimum atomic E-state index is -1.26. The molecule has 4 unspecified atom stereocenters. The number of aliphatic hydroxyl groups is 4. The van der Waals surface area contributed by atoms with E-state index in [1.807, 2.05) is 0 Å². The first-order valence-corrected chi connectivity index (χ1v) is 23.7. The van der Waals surface area contributed by atoms with Crippen LogP contribution in [0.4, 0.5) is 0 Å². The van der Waals surface area contributed by atoms with Crippen LogP contribution in [0.25, 0.3) is 0 Å². The Kier molecular flexibility index (Phi) is 42.0. The monoisotopic (exact) mass is 764 g/mol. The predicted molar refractivity (Wildman–Crippen MR) is 233 cm³/mol. The summed E-state index contributed by atoms with van der Waals surface area (Å²) in [6, 6.07) is -0.986. The third-order valence-corrected chi connectivity index (χ3v) is 11.2. The minimum Gasteiger partial charge on any atom is -0.394 e. The number of allylic oxidation sites excluding steroid dienone is 4. The van der Waals surface area contributed by atoms with Crippen molar-refractivity contribution in [3.05, 3.63) is 24.3 Å². The number of carbonyl (C=O) groups excluding carboxylic acids is 1. The number of hydrogen-bond donors (Lipinski definition) is 5. The average molecular weight is 764 g/mol. The highest BCUT2D eigenvalue weighted by atomic mass is 16.3. The molecule has 0 aliphatic carbocycles. The Morgan fingerprint density at radius 2 is 0.778 bits per heavy atom. The normalized spacial score (nSPS) is 14.3. The largest absolute Gasteiger partial charge is 0.394 e. The van der Waals surface area contributed by atoms with Gasteiger partial charge >= 0.3 is 0 Å². The Morgan fingerprint density at radius 1 is 0.463 bits per heavy atom. The summed E-state index contributed by atoms with van der Waals surface area (Å²) in [6.07, 6.45) is 49.2. The fraction of sp³-hybridized carbons (Fsp3) is 0.896. The van der Waals surface area contributed by atoms with E-state index in [4.69, 9.17) is 0 Å². The molecule has 6 nitrogen and oxygen atoms in total. The van der Waals surface area contributed by atoms with E-state index in [2.05, 4.69) is 43.5 Å². The molecule has 0 saturated carbocycles. The number of carbonyl (C=O) groups is 1. The Hall–Kier alpha value is -1.21. The fourth-order valence-corrected chi connectivity index (χ4v) is 7.40. The van der Waals surface area contributed by atoms with E-state index < -0.39 is 36.9 Å². The lowest BCUT2D eigenvalue weighted by atomic mass is 9.99. The molecule has 0 heterocycles. The molecule has 0 radical (unpaired) electrons. The smallest absolute Gasteiger partial charge is 0.249 e. The van der Waals surface area contributed by atoms with E-state index in [9.17, 15) is 25.2 Å². The topological polar surface area (TPSA) is 110 Å². The lowest BCUT2D eigenvalue weighted by Crippen LogP contribution is -2.53. The number of hydrogen-bond acceptors (Lipinski definition) is 5. The first-order chi connectivity index (χ1) is 26.5. The molecule has 0 aromatic heterocycles. The number of nitrogens with one attached hydrogen (secondary N) is 1. The van der Waals surface area contributed by atoms with E-state index in [1.54, 1.807) is 0 Å². The van der Waals surface area contributed by atoms with Crippen molar-refractivity contribution in [1.82, 2.24) is 5.32 Å². The molecule has 1 amide bonds. The first-order valence-electron chi connectivity index (χ1n) is 23.7. The van der Waals surface area contributed by atoms with Crippen molar-refractivity contribution in [2.45, 2.75) is 269 Å². The van der Waals surface area contributed by atoms with Crippen LogP contribution in [0.1, 0.15) is 245 Å². The highest BCUT2D eigenvalue weighted by Gasteiger charge is 2.28. The van der Waals surface area contributed by atoms with Crippen LogP contribution >= 0.6 is 0 Å². The van der Waals surface area contributed by atoms with Gasteiger partial charge in [-0.15, -0.1) is 0 Å². The van der Waals surface area contributed by atoms with Gasteiger partial charge in [0, 0.05) is 0 Å². The zero-order chi connectivity index (χ0) is 39.6. The zero-order valence-electron chi connectivity index (χ0n) is 36.0. The van der Waals surface area contributed by atoms with Gasteiger partial charge in [-0.1, -0.05) is 231 Å². The van der Waals surface area contributed by atoms with Gasteiger partial charge < -0.3 is 25.7 Å². The zero-order valence-corrected chi connectivity index (χ0v) is 36.0. The van der Waals surface area contributed by atoms with Gasteiger partial charge in [-0.25, -0.2) is 0 Å². The second-order valence-electron chi connectivity index (χ2n) is 16.5. The molecule has 0 fully saturated rings. The summed E-state index contributed by atoms with van der Waals surface area (Å²) in [6.45, 7) is 4.04. The number of rotatable bonds is 43. The summed E-state index contributed by atoms with van der Waals surface area (Å²) in [5.41, 5.74) is 0. The number of unbranched alkanes of at least 4 members (excludes halogenated alkanes) is 31. The van der Waals surface area contributed by atoms with Crippen molar-refractivity contribution >= 4 is 5.91 Å². The van der Waals surface area contributed by atoms with Gasteiger partial charge in [0.15, 0.2) is 0 Å². The van der Waals surface area contributed by atoms with Crippen LogP contribution in [-0.2, 0) is 4.79 Å². The summed E-state index contributed by atoms with van der Waals surface area (Å²) in [4.78, 5) is 12.5. The van der Waals surface area contributed by atoms with Crippen LogP contribution < -0.4 is 5.32 Å². The molecule has 54 heavy (non-hydrogen) atoms. The van der Waals surface area contributed by atoms with Gasteiger partial charge in [-0.2, -0.15) is 0 Å². The summed E-state index contributed by atoms with van der Waals surface area (Å²) in [5.74, 6) is -0.586. The highest BCUT2D eigenvalue weighted by molar-refractivity contribution is 5.80. The van der Waals surface area contributed by atoms with E-state index in [-0.39, 0.29) is 0 Å². The predicted octanol–water partition coefficient (Wildman–Crippen LogP) is 12.7. The number of amides is 1. The van der Waals surface area contributed by atoms with Crippen molar-refractivity contribution in [1.29, 1.82) is 0 Å². The van der Waals surface area contributed by atoms with Gasteiger partial charge in [0.25, 0.3) is 0 Å². The summed E-state index contributed by atoms with van der Waals surface area (Å²) >= 11 is 0. The third kappa shape index (κ3) is 36.4. The molecule has 5 N–H and O–H groups in total. The molecule has 0 saturated heterocycles. The van der Waals surface area contributed by atoms with E-state index in [0.29, 0.717) is 12.8 Å². The molecule has 4 atom stereocenters. The highest BCUT2D eigenvalue weighted by Crippen LogP contribution is 2.17. The molecule has 0 aromatic rings. The van der Waals surface area contributed by atoms with Crippen LogP contribution in [0.2, 0.25) is 0 Å². The summed E-state index contributed by atoms with van der Waals surface area (Å²) in [5, 5.41) is 43.8. The molecule has 0 rings (SSSR count). The first kappa shape index (κ1) is 52.8. The third-order valence-electron chi connectivity index (χ3n) is 11.2. The van der Waals surface area contributed by atoms with Crippen molar-refractivity contribution in [3.63, 3.8) is 0 Å². The van der Waals surface area contributed by atoms with Crippen LogP contribution in [0.3, 0.4) is 0 Å². The van der Waals surface area contributed by atoms with Crippen molar-refractivity contribution < 1.29 is 25.2 Å². The maximum Gasteiger partial charge on any atom is 0.249 e. The standard InChI is InChI=1S/C48H93NO5/c1-3-5-7-9-11-13-15-17-19-21-23-24-26-27-29-31-33-35-37-39-41-45(51)47(53)44(43-50)49-48(54)46(52)42-40-38-36-34-32-30-28-25-22-20-18-16-14-12-10-8-6-4-2/h12,14,16,18,44-47,50-53H,3-11,13,15,17,19-43H2,1-2H3,(H,49,54)/b14-12-,18-16-. The van der Waals surface area contributed by atoms with Gasteiger partial charge in [0.2, 0.25) is 5.91 Å². The Balaban J connectivity index is 3.70. The molecular formula is C48H93NO5. The van der Waals surface area contributed by atoms with E-state index in [1.165, 1.54) is 173 Å². The maximum absolute atomic E-state index is 12.5. The quantitative estimate of drug-likeness (QED) is 0.0314. The average Bonchev–Trinajstić information content (AvgIpc) is 3.18. The number of aliphatic hydroxyl groups excluding tert-OH is 4. The molecule has 0 aliphatic rings. The molecular weight excluding hydrogens is 671 g/mol. The van der Waals surface area contributed by atoms with Crippen LogP contribution in [0.5, 0.6) is 0 Å². The van der Waals surface area contributed by atoms with Crippen molar-refractivity contribution in [2.75, 3.05) is 6.61 Å². The summed E-state index contributed by atoms with van der Waals surface area (Å²) in [7, 11) is 0. The lowest BCUT2D eigenvalue weighted by Gasteiger charge is -2.27. The van der Waals surface area contributed by atoms with Crippen LogP contribution in [0, 0.1) is 0 Å². The second kappa shape index (κ2) is 42.9. The van der Waals surface area contributed by atoms with Crippen molar-refractivity contribution in [2.24, 2.45) is 0 Å². The molecule has 6 heteroatoms. The molecule has 0 spiro atoms. The molecule has 0 aromatic carbocycles. The van der Waals surface area contributed by atoms with E-state index in [0.717, 1.165) is 44.9 Å². The van der Waals surface area contributed by atoms with Crippen molar-refractivity contribution in [3.8, 4) is 0 Å². The van der Waals surface area contributed by atoms with Gasteiger partial charge in [0.05, 0.1) is 18.8 Å². The molecule has 0 aliphatic heterocycles. The minimum absolute atomic E-state index is 0.365. The van der Waals surface area contributed by atoms with Gasteiger partial charge in [0.1, 0.15) is 12.2 Å². The Labute approximate surface area is 335 Å². The fourth-order valence-electron chi connectivity index (χ4n) is 7.40. The van der Waals surface area contributed by atoms with Gasteiger partial charge in [-0.05, 0) is 38.5 Å².